The van der Waals surface area contributed by atoms with Gasteiger partial charge in [0.1, 0.15) is 0 Å². The number of hydrogen-bond acceptors (Lipinski definition) is 5. The highest BCUT2D eigenvalue weighted by Gasteiger charge is 2.45. The molecule has 0 saturated heterocycles. The number of rotatable bonds is 7. The Morgan fingerprint density at radius 2 is 0.837 bits per heavy atom. The average Bonchev–Trinajstić information content (AvgIpc) is 3.82. The Bertz CT molecular complexity index is 2180. The van der Waals surface area contributed by atoms with E-state index < -0.39 is 0 Å². The highest BCUT2D eigenvalue weighted by molar-refractivity contribution is 5.75. The van der Waals surface area contributed by atoms with Crippen LogP contribution in [-0.4, -0.2) is 24.9 Å². The lowest BCUT2D eigenvalue weighted by Gasteiger charge is -2.27. The first-order valence-electron chi connectivity index (χ1n) is 17.2. The van der Waals surface area contributed by atoms with E-state index in [2.05, 4.69) is 60.7 Å². The van der Waals surface area contributed by atoms with Crippen molar-refractivity contribution in [1.82, 2.24) is 24.9 Å². The molecule has 2 saturated carbocycles. The summed E-state index contributed by atoms with van der Waals surface area (Å²) in [6, 6.07) is 50.0. The van der Waals surface area contributed by atoms with Gasteiger partial charge >= 0.3 is 0 Å². The molecule has 0 aliphatic heterocycles. The second-order valence-electron chi connectivity index (χ2n) is 13.5. The molecule has 2 aliphatic carbocycles. The van der Waals surface area contributed by atoms with Gasteiger partial charge in [0, 0.05) is 33.4 Å². The van der Waals surface area contributed by atoms with Crippen LogP contribution in [0.5, 0.6) is 0 Å². The normalized spacial score (nSPS) is 18.1. The number of nitrogens with zero attached hydrogens (tertiary/aromatic N) is 5. The zero-order chi connectivity index (χ0) is 32.6. The van der Waals surface area contributed by atoms with Crippen LogP contribution in [0.4, 0.5) is 0 Å². The zero-order valence-electron chi connectivity index (χ0n) is 27.2. The van der Waals surface area contributed by atoms with Gasteiger partial charge in [-0.15, -0.1) is 0 Å². The van der Waals surface area contributed by atoms with Crippen LogP contribution in [-0.2, 0) is 5.41 Å². The van der Waals surface area contributed by atoms with Gasteiger partial charge in [-0.3, -0.25) is 0 Å². The van der Waals surface area contributed by atoms with E-state index in [1.165, 1.54) is 37.7 Å². The molecule has 0 amide bonds. The highest BCUT2D eigenvalue weighted by atomic mass is 15.0. The van der Waals surface area contributed by atoms with Crippen molar-refractivity contribution < 1.29 is 0 Å². The molecule has 2 aliphatic rings. The number of hydrogen-bond donors (Lipinski definition) is 0. The van der Waals surface area contributed by atoms with Gasteiger partial charge in [0.2, 0.25) is 0 Å². The molecule has 2 heterocycles. The van der Waals surface area contributed by atoms with Gasteiger partial charge in [-0.1, -0.05) is 133 Å². The third-order valence-electron chi connectivity index (χ3n) is 10.4. The van der Waals surface area contributed by atoms with Crippen molar-refractivity contribution in [3.63, 3.8) is 0 Å². The van der Waals surface area contributed by atoms with Gasteiger partial charge in [0.25, 0.3) is 0 Å². The Morgan fingerprint density at radius 3 is 1.35 bits per heavy atom. The fourth-order valence-corrected chi connectivity index (χ4v) is 7.81. The first-order valence-corrected chi connectivity index (χ1v) is 17.2. The lowest BCUT2D eigenvalue weighted by Crippen LogP contribution is -2.19. The highest BCUT2D eigenvalue weighted by Crippen LogP contribution is 2.55. The average molecular weight is 634 g/mol. The third kappa shape index (κ3) is 5.72. The lowest BCUT2D eigenvalue weighted by atomic mass is 9.77. The third-order valence-corrected chi connectivity index (χ3v) is 10.4. The SMILES string of the molecule is c1ccc(-c2nc(-c3ccc(C45CCC(CC4)C5)cc3)cc(-c3cccc(-c4nc(-c5ccccc5)nc(-c5ccccc5)n4)c3)n2)cc1. The van der Waals surface area contributed by atoms with Gasteiger partial charge in [0.15, 0.2) is 23.3 Å². The Morgan fingerprint density at radius 1 is 0.388 bits per heavy atom. The Labute approximate surface area is 286 Å². The molecule has 2 bridgehead atoms. The van der Waals surface area contributed by atoms with E-state index in [-0.39, 0.29) is 0 Å². The van der Waals surface area contributed by atoms with E-state index in [0.29, 0.717) is 28.7 Å². The van der Waals surface area contributed by atoms with Crippen molar-refractivity contribution in [2.75, 3.05) is 0 Å². The first-order chi connectivity index (χ1) is 24.2. The maximum Gasteiger partial charge on any atom is 0.164 e. The minimum atomic E-state index is 0.380. The molecular formula is C44H35N5. The number of fused-ring (bicyclic) bond motifs is 2. The van der Waals surface area contributed by atoms with Crippen LogP contribution in [0.1, 0.15) is 37.7 Å². The van der Waals surface area contributed by atoms with Crippen LogP contribution in [0.2, 0.25) is 0 Å². The van der Waals surface area contributed by atoms with Gasteiger partial charge in [-0.2, -0.15) is 0 Å². The zero-order valence-corrected chi connectivity index (χ0v) is 27.2. The van der Waals surface area contributed by atoms with Crippen LogP contribution >= 0.6 is 0 Å². The molecule has 0 radical (unpaired) electrons. The van der Waals surface area contributed by atoms with Crippen molar-refractivity contribution in [2.24, 2.45) is 5.92 Å². The quantitative estimate of drug-likeness (QED) is 0.175. The molecule has 0 unspecified atom stereocenters. The Balaban J connectivity index is 1.14. The van der Waals surface area contributed by atoms with Gasteiger partial charge < -0.3 is 0 Å². The molecule has 0 spiro atoms. The minimum Gasteiger partial charge on any atom is -0.228 e. The van der Waals surface area contributed by atoms with Gasteiger partial charge in [-0.05, 0) is 61.1 Å². The summed E-state index contributed by atoms with van der Waals surface area (Å²) in [6.45, 7) is 0. The van der Waals surface area contributed by atoms with Crippen molar-refractivity contribution in [3.05, 3.63) is 151 Å². The van der Waals surface area contributed by atoms with E-state index in [1.807, 2.05) is 84.9 Å². The van der Waals surface area contributed by atoms with Crippen LogP contribution in [0.15, 0.2) is 146 Å². The van der Waals surface area contributed by atoms with E-state index in [9.17, 15) is 0 Å². The van der Waals surface area contributed by atoms with E-state index >= 15 is 0 Å². The summed E-state index contributed by atoms with van der Waals surface area (Å²) in [6.07, 6.45) is 6.75. The van der Waals surface area contributed by atoms with Crippen molar-refractivity contribution in [3.8, 4) is 68.1 Å². The topological polar surface area (TPSA) is 64.5 Å². The standard InChI is InChI=1S/C44H35N5/c1-4-11-32(12-5-1)40-45-38(31-19-21-37(22-20-31)44-25-23-30(29-44)24-26-44)28-39(46-40)35-17-10-18-36(27-35)43-48-41(33-13-6-2-7-14-33)47-42(49-43)34-15-8-3-9-16-34/h1-22,27-28,30H,23-26,29H2. The molecule has 5 heteroatoms. The molecule has 236 valence electrons. The first kappa shape index (κ1) is 29.3. The minimum absolute atomic E-state index is 0.380. The largest absolute Gasteiger partial charge is 0.228 e. The molecule has 2 fully saturated rings. The van der Waals surface area contributed by atoms with E-state index in [1.54, 1.807) is 0 Å². The number of benzene rings is 5. The second-order valence-corrected chi connectivity index (χ2v) is 13.5. The summed E-state index contributed by atoms with van der Waals surface area (Å²) in [5.74, 6) is 3.51. The monoisotopic (exact) mass is 633 g/mol. The summed E-state index contributed by atoms with van der Waals surface area (Å²) in [4.78, 5) is 25.0. The summed E-state index contributed by atoms with van der Waals surface area (Å²) in [5, 5.41) is 0. The molecule has 5 aromatic carbocycles. The molecule has 0 atom stereocenters. The van der Waals surface area contributed by atoms with Crippen LogP contribution in [0.25, 0.3) is 68.1 Å². The predicted molar refractivity (Wildman–Crippen MR) is 196 cm³/mol. The fourth-order valence-electron chi connectivity index (χ4n) is 7.81. The maximum atomic E-state index is 5.11. The van der Waals surface area contributed by atoms with Gasteiger partial charge in [-0.25, -0.2) is 24.9 Å². The smallest absolute Gasteiger partial charge is 0.164 e. The molecule has 0 N–H and O–H groups in total. The summed E-state index contributed by atoms with van der Waals surface area (Å²) >= 11 is 0. The van der Waals surface area contributed by atoms with E-state index in [0.717, 1.165) is 50.7 Å². The number of aromatic nitrogens is 5. The lowest BCUT2D eigenvalue weighted by molar-refractivity contribution is 0.419. The van der Waals surface area contributed by atoms with Crippen LogP contribution in [0, 0.1) is 5.92 Å². The Hall–Kier alpha value is -5.81. The second kappa shape index (κ2) is 12.3. The fraction of sp³-hybridized carbons (Fsp3) is 0.159. The summed E-state index contributed by atoms with van der Waals surface area (Å²) < 4.78 is 0. The molecule has 2 aromatic heterocycles. The summed E-state index contributed by atoms with van der Waals surface area (Å²) in [7, 11) is 0. The molecule has 7 aromatic rings. The van der Waals surface area contributed by atoms with Crippen molar-refractivity contribution >= 4 is 0 Å². The molecular weight excluding hydrogens is 599 g/mol. The molecule has 49 heavy (non-hydrogen) atoms. The Kier molecular flexibility index (Phi) is 7.38. The molecule has 5 nitrogen and oxygen atoms in total. The maximum absolute atomic E-state index is 5.11. The van der Waals surface area contributed by atoms with Crippen molar-refractivity contribution in [1.29, 1.82) is 0 Å². The summed E-state index contributed by atoms with van der Waals surface area (Å²) in [5.41, 5.74) is 9.47. The molecule has 9 rings (SSSR count). The van der Waals surface area contributed by atoms with E-state index in [4.69, 9.17) is 24.9 Å². The van der Waals surface area contributed by atoms with Crippen LogP contribution in [0.3, 0.4) is 0 Å². The van der Waals surface area contributed by atoms with Crippen LogP contribution < -0.4 is 0 Å². The van der Waals surface area contributed by atoms with Crippen molar-refractivity contribution in [2.45, 2.75) is 37.5 Å². The van der Waals surface area contributed by atoms with Gasteiger partial charge in [0.05, 0.1) is 11.4 Å². The predicted octanol–water partition coefficient (Wildman–Crippen LogP) is 10.5.